The minimum atomic E-state index is -4.83. The number of alkyl halides is 6. The van der Waals surface area contributed by atoms with Crippen molar-refractivity contribution in [3.63, 3.8) is 0 Å². The Bertz CT molecular complexity index is 1300. The van der Waals surface area contributed by atoms with Crippen LogP contribution in [0.1, 0.15) is 40.7 Å². The second-order valence-corrected chi connectivity index (χ2v) is 8.91. The SMILES string of the molecule is O=C(O)CCNC(=O)c1ccc(CC(CCC(F)(F)F)Oc2ccc(-c3ccc(C(F)(F)F)c(F)c3)cc2)cc1. The van der Waals surface area contributed by atoms with Crippen molar-refractivity contribution in [2.24, 2.45) is 0 Å². The zero-order valence-electron chi connectivity index (χ0n) is 20.8. The summed E-state index contributed by atoms with van der Waals surface area (Å²) in [7, 11) is 0. The molecule has 3 rings (SSSR count). The van der Waals surface area contributed by atoms with Gasteiger partial charge < -0.3 is 15.2 Å². The third-order valence-corrected chi connectivity index (χ3v) is 5.82. The van der Waals surface area contributed by atoms with Crippen LogP contribution in [0, 0.1) is 5.82 Å². The van der Waals surface area contributed by atoms with Crippen molar-refractivity contribution in [3.8, 4) is 16.9 Å². The molecule has 0 heterocycles. The van der Waals surface area contributed by atoms with Crippen molar-refractivity contribution >= 4 is 11.9 Å². The maximum atomic E-state index is 13.9. The van der Waals surface area contributed by atoms with E-state index >= 15 is 0 Å². The Balaban J connectivity index is 1.70. The molecule has 0 saturated heterocycles. The lowest BCUT2D eigenvalue weighted by molar-refractivity contribution is -0.140. The highest BCUT2D eigenvalue weighted by Crippen LogP contribution is 2.34. The number of carboxylic acid groups (broad SMARTS) is 1. The van der Waals surface area contributed by atoms with Crippen LogP contribution in [0.25, 0.3) is 11.1 Å². The predicted molar refractivity (Wildman–Crippen MR) is 131 cm³/mol. The fourth-order valence-electron chi connectivity index (χ4n) is 3.81. The average Bonchev–Trinajstić information content (AvgIpc) is 2.86. The van der Waals surface area contributed by atoms with Gasteiger partial charge in [-0.05, 0) is 59.5 Å². The highest BCUT2D eigenvalue weighted by molar-refractivity contribution is 5.94. The van der Waals surface area contributed by atoms with E-state index in [1.165, 1.54) is 36.4 Å². The number of amides is 1. The molecule has 3 aromatic carbocycles. The average molecular weight is 571 g/mol. The number of rotatable bonds is 11. The number of nitrogens with one attached hydrogen (secondary N) is 1. The molecule has 12 heteroatoms. The number of hydrogen-bond acceptors (Lipinski definition) is 3. The summed E-state index contributed by atoms with van der Waals surface area (Å²) in [5, 5.41) is 11.1. The lowest BCUT2D eigenvalue weighted by Gasteiger charge is -2.21. The van der Waals surface area contributed by atoms with Gasteiger partial charge in [-0.15, -0.1) is 0 Å². The maximum Gasteiger partial charge on any atom is 0.419 e. The number of carbonyl (C=O) groups is 2. The number of carboxylic acids is 1. The van der Waals surface area contributed by atoms with Crippen LogP contribution in [-0.4, -0.2) is 35.8 Å². The molecule has 1 atom stereocenters. The first-order valence-electron chi connectivity index (χ1n) is 12.0. The minimum Gasteiger partial charge on any atom is -0.490 e. The number of ether oxygens (including phenoxy) is 1. The third-order valence-electron chi connectivity index (χ3n) is 5.82. The van der Waals surface area contributed by atoms with Gasteiger partial charge in [0.15, 0.2) is 0 Å². The summed E-state index contributed by atoms with van der Waals surface area (Å²) in [6.45, 7) is -0.0597. The molecule has 0 fully saturated rings. The van der Waals surface area contributed by atoms with Gasteiger partial charge in [0.2, 0.25) is 0 Å². The molecule has 0 radical (unpaired) electrons. The first kappa shape index (κ1) is 30.5. The topological polar surface area (TPSA) is 75.6 Å². The predicted octanol–water partition coefficient (Wildman–Crippen LogP) is 7.05. The van der Waals surface area contributed by atoms with E-state index in [0.717, 1.165) is 12.1 Å². The third kappa shape index (κ3) is 9.28. The molecular weight excluding hydrogens is 547 g/mol. The highest BCUT2D eigenvalue weighted by Gasteiger charge is 2.34. The van der Waals surface area contributed by atoms with Crippen molar-refractivity contribution in [2.75, 3.05) is 6.54 Å². The summed E-state index contributed by atoms with van der Waals surface area (Å²) in [6.07, 6.45) is -11.8. The van der Waals surface area contributed by atoms with Crippen LogP contribution in [0.4, 0.5) is 30.7 Å². The van der Waals surface area contributed by atoms with Crippen LogP contribution in [0.5, 0.6) is 5.75 Å². The largest absolute Gasteiger partial charge is 0.490 e. The van der Waals surface area contributed by atoms with E-state index in [0.29, 0.717) is 17.2 Å². The number of benzene rings is 3. The minimum absolute atomic E-state index is 0.0597. The molecule has 0 aliphatic rings. The van der Waals surface area contributed by atoms with Gasteiger partial charge in [-0.1, -0.05) is 30.3 Å². The molecule has 0 bridgehead atoms. The molecule has 0 saturated carbocycles. The number of halogens is 7. The van der Waals surface area contributed by atoms with Crippen molar-refractivity contribution in [3.05, 3.63) is 89.2 Å². The molecular formula is C28H24F7NO4. The number of hydrogen-bond donors (Lipinski definition) is 2. The Morgan fingerprint density at radius 2 is 1.50 bits per heavy atom. The molecule has 0 aliphatic carbocycles. The van der Waals surface area contributed by atoms with Crippen LogP contribution in [0.2, 0.25) is 0 Å². The summed E-state index contributed by atoms with van der Waals surface area (Å²) < 4.78 is 96.9. The first-order valence-corrected chi connectivity index (χ1v) is 12.0. The molecule has 3 aromatic rings. The van der Waals surface area contributed by atoms with E-state index < -0.39 is 48.1 Å². The van der Waals surface area contributed by atoms with E-state index in [4.69, 9.17) is 9.84 Å². The molecule has 0 spiro atoms. The van der Waals surface area contributed by atoms with Crippen LogP contribution in [-0.2, 0) is 17.4 Å². The van der Waals surface area contributed by atoms with E-state index in [1.54, 1.807) is 12.1 Å². The zero-order valence-corrected chi connectivity index (χ0v) is 20.8. The van der Waals surface area contributed by atoms with Gasteiger partial charge >= 0.3 is 18.3 Å². The summed E-state index contributed by atoms with van der Waals surface area (Å²) in [5.74, 6) is -2.78. The van der Waals surface area contributed by atoms with E-state index in [9.17, 15) is 40.3 Å². The summed E-state index contributed by atoms with van der Waals surface area (Å²) in [6, 6.07) is 14.3. The maximum absolute atomic E-state index is 13.9. The number of aliphatic carboxylic acids is 1. The first-order chi connectivity index (χ1) is 18.7. The van der Waals surface area contributed by atoms with Gasteiger partial charge in [0.25, 0.3) is 5.91 Å². The highest BCUT2D eigenvalue weighted by atomic mass is 19.4. The molecule has 40 heavy (non-hydrogen) atoms. The van der Waals surface area contributed by atoms with E-state index in [-0.39, 0.29) is 42.7 Å². The Morgan fingerprint density at radius 3 is 2.05 bits per heavy atom. The molecule has 1 unspecified atom stereocenters. The molecule has 214 valence electrons. The lowest BCUT2D eigenvalue weighted by Crippen LogP contribution is -2.26. The molecule has 0 aliphatic heterocycles. The monoisotopic (exact) mass is 571 g/mol. The Hall–Kier alpha value is -4.09. The molecule has 0 aromatic heterocycles. The van der Waals surface area contributed by atoms with Crippen molar-refractivity contribution in [1.29, 1.82) is 0 Å². The summed E-state index contributed by atoms with van der Waals surface area (Å²) in [5.41, 5.74) is 0.000604. The van der Waals surface area contributed by atoms with Crippen molar-refractivity contribution in [2.45, 2.75) is 44.1 Å². The van der Waals surface area contributed by atoms with Gasteiger partial charge in [0.05, 0.1) is 12.0 Å². The Morgan fingerprint density at radius 1 is 0.875 bits per heavy atom. The number of carbonyl (C=O) groups excluding carboxylic acids is 1. The smallest absolute Gasteiger partial charge is 0.419 e. The van der Waals surface area contributed by atoms with Gasteiger partial charge in [0.1, 0.15) is 17.7 Å². The summed E-state index contributed by atoms with van der Waals surface area (Å²) >= 11 is 0. The van der Waals surface area contributed by atoms with Crippen LogP contribution >= 0.6 is 0 Å². The second kappa shape index (κ2) is 12.8. The quantitative estimate of drug-likeness (QED) is 0.242. The van der Waals surface area contributed by atoms with Crippen LogP contribution < -0.4 is 10.1 Å². The standard InChI is InChI=1S/C28H24F7NO4/c29-24-16-20(7-10-23(24)28(33,34)35)18-5-8-21(9-6-18)40-22(11-13-27(30,31)32)15-17-1-3-19(4-2-17)26(39)36-14-12-25(37)38/h1-10,16,22H,11-15H2,(H,36,39)(H,37,38). The Kier molecular flexibility index (Phi) is 9.78. The Labute approximate surface area is 224 Å². The van der Waals surface area contributed by atoms with Crippen LogP contribution in [0.3, 0.4) is 0 Å². The molecule has 1 amide bonds. The molecule has 2 N–H and O–H groups in total. The fraction of sp³-hybridized carbons (Fsp3) is 0.286. The fourth-order valence-corrected chi connectivity index (χ4v) is 3.81. The van der Waals surface area contributed by atoms with Gasteiger partial charge in [-0.2, -0.15) is 26.3 Å². The zero-order chi connectivity index (χ0) is 29.5. The molecule has 5 nitrogen and oxygen atoms in total. The van der Waals surface area contributed by atoms with Crippen LogP contribution in [0.15, 0.2) is 66.7 Å². The lowest BCUT2D eigenvalue weighted by atomic mass is 10.0. The van der Waals surface area contributed by atoms with E-state index in [1.807, 2.05) is 0 Å². The van der Waals surface area contributed by atoms with Crippen molar-refractivity contribution in [1.82, 2.24) is 5.32 Å². The van der Waals surface area contributed by atoms with Gasteiger partial charge in [-0.25, -0.2) is 4.39 Å². The van der Waals surface area contributed by atoms with E-state index in [2.05, 4.69) is 5.32 Å². The second-order valence-electron chi connectivity index (χ2n) is 8.91. The van der Waals surface area contributed by atoms with Gasteiger partial charge in [0, 0.05) is 24.9 Å². The van der Waals surface area contributed by atoms with Gasteiger partial charge in [-0.3, -0.25) is 9.59 Å². The normalized spacial score (nSPS) is 12.6. The summed E-state index contributed by atoms with van der Waals surface area (Å²) in [4.78, 5) is 22.7. The van der Waals surface area contributed by atoms with Crippen molar-refractivity contribution < 1.29 is 50.2 Å².